The van der Waals surface area contributed by atoms with E-state index in [1.807, 2.05) is 55.7 Å². The molecule has 21 heavy (non-hydrogen) atoms. The Balaban J connectivity index is 1.90. The van der Waals surface area contributed by atoms with Crippen molar-refractivity contribution in [2.45, 2.75) is 32.9 Å². The maximum absolute atomic E-state index is 10.4. The summed E-state index contributed by atoms with van der Waals surface area (Å²) in [5.41, 5.74) is 3.46. The third-order valence-corrected chi connectivity index (χ3v) is 3.87. The van der Waals surface area contributed by atoms with Gasteiger partial charge in [-0.1, -0.05) is 31.2 Å². The molecular formula is C18H24N2O. The Morgan fingerprint density at radius 1 is 1.14 bits per heavy atom. The molecule has 0 saturated carbocycles. The van der Waals surface area contributed by atoms with Gasteiger partial charge in [0.1, 0.15) is 0 Å². The Kier molecular flexibility index (Phi) is 5.90. The van der Waals surface area contributed by atoms with Gasteiger partial charge in [-0.05, 0) is 48.7 Å². The van der Waals surface area contributed by atoms with Crippen molar-refractivity contribution >= 4 is 0 Å². The molecule has 1 atom stereocenters. The summed E-state index contributed by atoms with van der Waals surface area (Å²) < 4.78 is 0. The number of rotatable bonds is 7. The molecule has 112 valence electrons. The van der Waals surface area contributed by atoms with Gasteiger partial charge in [-0.2, -0.15) is 0 Å². The standard InChI is InChI=1S/C18H24N2O/c1-3-20(14-16-8-11-19-12-9-16)13-10-18(21)17-7-5-4-6-15(17)2/h4-9,11-12,18,21H,3,10,13-14H2,1-2H3. The van der Waals surface area contributed by atoms with Crippen LogP contribution in [0, 0.1) is 6.92 Å². The van der Waals surface area contributed by atoms with Gasteiger partial charge in [-0.25, -0.2) is 0 Å². The summed E-state index contributed by atoms with van der Waals surface area (Å²) in [6.45, 7) is 6.96. The summed E-state index contributed by atoms with van der Waals surface area (Å²) in [6, 6.07) is 12.1. The SMILES string of the molecule is CCN(CCC(O)c1ccccc1C)Cc1ccncc1. The highest BCUT2D eigenvalue weighted by molar-refractivity contribution is 5.27. The Morgan fingerprint density at radius 3 is 2.52 bits per heavy atom. The molecule has 0 radical (unpaired) electrons. The lowest BCUT2D eigenvalue weighted by Gasteiger charge is -2.22. The van der Waals surface area contributed by atoms with E-state index in [9.17, 15) is 5.11 Å². The molecular weight excluding hydrogens is 260 g/mol. The van der Waals surface area contributed by atoms with E-state index in [0.29, 0.717) is 0 Å². The number of nitrogens with zero attached hydrogens (tertiary/aromatic N) is 2. The predicted octanol–water partition coefficient (Wildman–Crippen LogP) is 3.34. The number of pyridine rings is 1. The van der Waals surface area contributed by atoms with Crippen LogP contribution in [0.3, 0.4) is 0 Å². The molecule has 1 unspecified atom stereocenters. The molecule has 0 spiro atoms. The van der Waals surface area contributed by atoms with Crippen LogP contribution in [-0.4, -0.2) is 28.1 Å². The van der Waals surface area contributed by atoms with Crippen LogP contribution < -0.4 is 0 Å². The minimum Gasteiger partial charge on any atom is -0.388 e. The van der Waals surface area contributed by atoms with E-state index in [4.69, 9.17) is 0 Å². The number of aryl methyl sites for hydroxylation is 1. The molecule has 1 N–H and O–H groups in total. The highest BCUT2D eigenvalue weighted by Crippen LogP contribution is 2.20. The quantitative estimate of drug-likeness (QED) is 0.847. The van der Waals surface area contributed by atoms with E-state index in [2.05, 4.69) is 16.8 Å². The minimum atomic E-state index is -0.391. The number of aromatic nitrogens is 1. The molecule has 2 aromatic rings. The molecule has 3 heteroatoms. The van der Waals surface area contributed by atoms with Crippen LogP contribution in [0.25, 0.3) is 0 Å². The maximum Gasteiger partial charge on any atom is 0.0804 e. The van der Waals surface area contributed by atoms with Crippen LogP contribution in [0.5, 0.6) is 0 Å². The fourth-order valence-electron chi connectivity index (χ4n) is 2.52. The molecule has 1 aromatic heterocycles. The van der Waals surface area contributed by atoms with E-state index in [0.717, 1.165) is 37.2 Å². The normalized spacial score (nSPS) is 12.6. The van der Waals surface area contributed by atoms with Crippen molar-refractivity contribution in [1.82, 2.24) is 9.88 Å². The maximum atomic E-state index is 10.4. The Hall–Kier alpha value is -1.71. The first-order chi connectivity index (χ1) is 10.2. The van der Waals surface area contributed by atoms with Gasteiger partial charge in [0.2, 0.25) is 0 Å². The van der Waals surface area contributed by atoms with Crippen LogP contribution in [0.2, 0.25) is 0 Å². The van der Waals surface area contributed by atoms with Crippen molar-refractivity contribution in [3.8, 4) is 0 Å². The number of benzene rings is 1. The van der Waals surface area contributed by atoms with Crippen molar-refractivity contribution in [3.63, 3.8) is 0 Å². The molecule has 1 aromatic carbocycles. The molecule has 0 saturated heterocycles. The fourth-order valence-corrected chi connectivity index (χ4v) is 2.52. The first-order valence-corrected chi connectivity index (χ1v) is 7.55. The van der Waals surface area contributed by atoms with E-state index in [1.54, 1.807) is 0 Å². The van der Waals surface area contributed by atoms with Crippen molar-refractivity contribution in [2.24, 2.45) is 0 Å². The highest BCUT2D eigenvalue weighted by atomic mass is 16.3. The lowest BCUT2D eigenvalue weighted by atomic mass is 10.0. The summed E-state index contributed by atoms with van der Waals surface area (Å²) >= 11 is 0. The van der Waals surface area contributed by atoms with Crippen molar-refractivity contribution < 1.29 is 5.11 Å². The van der Waals surface area contributed by atoms with Gasteiger partial charge in [-0.15, -0.1) is 0 Å². The second-order valence-electron chi connectivity index (χ2n) is 5.39. The molecule has 2 rings (SSSR count). The second-order valence-corrected chi connectivity index (χ2v) is 5.39. The largest absolute Gasteiger partial charge is 0.388 e. The number of hydrogen-bond donors (Lipinski definition) is 1. The van der Waals surface area contributed by atoms with Crippen LogP contribution in [-0.2, 0) is 6.54 Å². The Bertz CT molecular complexity index is 542. The van der Waals surface area contributed by atoms with Crippen LogP contribution in [0.4, 0.5) is 0 Å². The molecule has 0 bridgehead atoms. The van der Waals surface area contributed by atoms with Crippen molar-refractivity contribution in [1.29, 1.82) is 0 Å². The zero-order valence-electron chi connectivity index (χ0n) is 12.9. The average molecular weight is 284 g/mol. The Morgan fingerprint density at radius 2 is 1.86 bits per heavy atom. The molecule has 0 amide bonds. The zero-order chi connectivity index (χ0) is 15.1. The van der Waals surface area contributed by atoms with Gasteiger partial charge in [0.15, 0.2) is 0 Å². The summed E-state index contributed by atoms with van der Waals surface area (Å²) in [4.78, 5) is 6.39. The monoisotopic (exact) mass is 284 g/mol. The summed E-state index contributed by atoms with van der Waals surface area (Å²) in [5, 5.41) is 10.4. The van der Waals surface area contributed by atoms with Crippen molar-refractivity contribution in [2.75, 3.05) is 13.1 Å². The van der Waals surface area contributed by atoms with E-state index < -0.39 is 6.10 Å². The fraction of sp³-hybridized carbons (Fsp3) is 0.389. The molecule has 3 nitrogen and oxygen atoms in total. The number of aliphatic hydroxyl groups excluding tert-OH is 1. The lowest BCUT2D eigenvalue weighted by Crippen LogP contribution is -2.25. The number of aliphatic hydroxyl groups is 1. The summed E-state index contributed by atoms with van der Waals surface area (Å²) in [7, 11) is 0. The third kappa shape index (κ3) is 4.66. The van der Waals surface area contributed by atoms with Crippen LogP contribution in [0.15, 0.2) is 48.8 Å². The van der Waals surface area contributed by atoms with E-state index in [-0.39, 0.29) is 0 Å². The van der Waals surface area contributed by atoms with Gasteiger partial charge in [0, 0.05) is 25.5 Å². The molecule has 1 heterocycles. The molecule has 0 fully saturated rings. The summed E-state index contributed by atoms with van der Waals surface area (Å²) in [5.74, 6) is 0. The molecule has 0 aliphatic rings. The van der Waals surface area contributed by atoms with Crippen LogP contribution >= 0.6 is 0 Å². The first kappa shape index (κ1) is 15.7. The van der Waals surface area contributed by atoms with Crippen LogP contribution in [0.1, 0.15) is 36.1 Å². The van der Waals surface area contributed by atoms with Gasteiger partial charge in [0.25, 0.3) is 0 Å². The minimum absolute atomic E-state index is 0.391. The highest BCUT2D eigenvalue weighted by Gasteiger charge is 2.12. The van der Waals surface area contributed by atoms with Crippen molar-refractivity contribution in [3.05, 3.63) is 65.5 Å². The number of hydrogen-bond acceptors (Lipinski definition) is 3. The van der Waals surface area contributed by atoms with Gasteiger partial charge < -0.3 is 5.11 Å². The van der Waals surface area contributed by atoms with Gasteiger partial charge in [0.05, 0.1) is 6.10 Å². The predicted molar refractivity (Wildman–Crippen MR) is 85.9 cm³/mol. The third-order valence-electron chi connectivity index (χ3n) is 3.87. The smallest absolute Gasteiger partial charge is 0.0804 e. The van der Waals surface area contributed by atoms with Gasteiger partial charge in [-0.3, -0.25) is 9.88 Å². The molecule has 0 aliphatic carbocycles. The Labute approximate surface area is 127 Å². The van der Waals surface area contributed by atoms with E-state index >= 15 is 0 Å². The first-order valence-electron chi connectivity index (χ1n) is 7.55. The average Bonchev–Trinajstić information content (AvgIpc) is 2.52. The van der Waals surface area contributed by atoms with E-state index in [1.165, 1.54) is 5.56 Å². The zero-order valence-corrected chi connectivity index (χ0v) is 12.9. The second kappa shape index (κ2) is 7.91. The molecule has 0 aliphatic heterocycles. The summed E-state index contributed by atoms with van der Waals surface area (Å²) in [6.07, 6.45) is 4.01. The topological polar surface area (TPSA) is 36.4 Å². The van der Waals surface area contributed by atoms with Gasteiger partial charge >= 0.3 is 0 Å². The lowest BCUT2D eigenvalue weighted by molar-refractivity contribution is 0.141.